The van der Waals surface area contributed by atoms with Gasteiger partial charge in [-0.25, -0.2) is 0 Å². The van der Waals surface area contributed by atoms with Crippen LogP contribution in [0.3, 0.4) is 0 Å². The first kappa shape index (κ1) is 24.7. The van der Waals surface area contributed by atoms with Crippen molar-refractivity contribution in [3.05, 3.63) is 63.2 Å². The highest BCUT2D eigenvalue weighted by molar-refractivity contribution is 7.98. The van der Waals surface area contributed by atoms with E-state index in [9.17, 15) is 14.9 Å². The molecule has 1 amide bonds. The molecule has 0 bridgehead atoms. The molecular formula is C23H31N3O4S. The summed E-state index contributed by atoms with van der Waals surface area (Å²) < 4.78 is 5.21. The molecule has 1 N–H and O–H groups in total. The number of nitro benzene ring substituents is 1. The third-order valence-electron chi connectivity index (χ3n) is 5.07. The zero-order valence-corrected chi connectivity index (χ0v) is 19.5. The van der Waals surface area contributed by atoms with E-state index in [1.807, 2.05) is 18.4 Å². The van der Waals surface area contributed by atoms with Gasteiger partial charge in [0.1, 0.15) is 11.3 Å². The predicted octanol–water partition coefficient (Wildman–Crippen LogP) is 4.88. The van der Waals surface area contributed by atoms with E-state index in [1.165, 1.54) is 49.4 Å². The summed E-state index contributed by atoms with van der Waals surface area (Å²) in [4.78, 5) is 26.8. The fourth-order valence-corrected chi connectivity index (χ4v) is 3.88. The van der Waals surface area contributed by atoms with Gasteiger partial charge in [-0.05, 0) is 43.0 Å². The molecule has 0 aliphatic carbocycles. The van der Waals surface area contributed by atoms with Gasteiger partial charge < -0.3 is 10.1 Å². The monoisotopic (exact) mass is 445 g/mol. The van der Waals surface area contributed by atoms with Crippen molar-refractivity contribution in [2.24, 2.45) is 0 Å². The van der Waals surface area contributed by atoms with Crippen LogP contribution >= 0.6 is 11.8 Å². The van der Waals surface area contributed by atoms with Crippen LogP contribution in [0.4, 0.5) is 5.69 Å². The molecule has 8 heteroatoms. The number of rotatable bonds is 12. The van der Waals surface area contributed by atoms with Crippen LogP contribution in [0, 0.1) is 10.1 Å². The van der Waals surface area contributed by atoms with E-state index in [-0.39, 0.29) is 11.3 Å². The van der Waals surface area contributed by atoms with Crippen molar-refractivity contribution in [1.29, 1.82) is 0 Å². The molecule has 0 aliphatic rings. The first-order valence-electron chi connectivity index (χ1n) is 10.4. The summed E-state index contributed by atoms with van der Waals surface area (Å²) >= 11 is 1.37. The maximum atomic E-state index is 12.8. The van der Waals surface area contributed by atoms with E-state index in [2.05, 4.69) is 36.2 Å². The van der Waals surface area contributed by atoms with Gasteiger partial charge >= 0.3 is 0 Å². The second-order valence-corrected chi connectivity index (χ2v) is 8.05. The molecule has 0 radical (unpaired) electrons. The number of thioether (sulfide) groups is 1. The lowest BCUT2D eigenvalue weighted by molar-refractivity contribution is -0.385. The van der Waals surface area contributed by atoms with Crippen molar-refractivity contribution in [2.75, 3.05) is 26.5 Å². The molecule has 0 heterocycles. The minimum absolute atomic E-state index is 0.0306. The Morgan fingerprint density at radius 2 is 1.97 bits per heavy atom. The predicted molar refractivity (Wildman–Crippen MR) is 125 cm³/mol. The summed E-state index contributed by atoms with van der Waals surface area (Å²) in [6, 6.07) is 10.9. The minimum atomic E-state index is -0.558. The Morgan fingerprint density at radius 3 is 2.58 bits per heavy atom. The van der Waals surface area contributed by atoms with E-state index >= 15 is 0 Å². The quantitative estimate of drug-likeness (QED) is 0.285. The zero-order valence-electron chi connectivity index (χ0n) is 18.6. The van der Waals surface area contributed by atoms with Crippen LogP contribution in [0.1, 0.15) is 48.2 Å². The van der Waals surface area contributed by atoms with Crippen molar-refractivity contribution in [1.82, 2.24) is 10.2 Å². The highest BCUT2D eigenvalue weighted by atomic mass is 32.2. The normalized spacial score (nSPS) is 10.9. The second kappa shape index (κ2) is 12.3. The number of ether oxygens (including phenoxy) is 1. The molecule has 2 aromatic carbocycles. The molecular weight excluding hydrogens is 414 g/mol. The summed E-state index contributed by atoms with van der Waals surface area (Å²) in [5, 5.41) is 14.3. The number of hydrogen-bond donors (Lipinski definition) is 1. The Morgan fingerprint density at radius 1 is 1.23 bits per heavy atom. The molecule has 0 saturated carbocycles. The topological polar surface area (TPSA) is 84.7 Å². The van der Waals surface area contributed by atoms with Gasteiger partial charge in [-0.15, -0.1) is 11.8 Å². The third-order valence-corrected chi connectivity index (χ3v) is 5.83. The van der Waals surface area contributed by atoms with Crippen molar-refractivity contribution in [3.8, 4) is 5.75 Å². The first-order valence-corrected chi connectivity index (χ1v) is 11.6. The average molecular weight is 446 g/mol. The van der Waals surface area contributed by atoms with Gasteiger partial charge in [0.2, 0.25) is 0 Å². The molecule has 0 aromatic heterocycles. The molecule has 0 spiro atoms. The van der Waals surface area contributed by atoms with Gasteiger partial charge in [-0.3, -0.25) is 19.8 Å². The number of hydrogen-bond acceptors (Lipinski definition) is 6. The Labute approximate surface area is 188 Å². The number of nitrogens with zero attached hydrogens (tertiary/aromatic N) is 2. The highest BCUT2D eigenvalue weighted by Crippen LogP contribution is 2.34. The number of amides is 1. The number of benzene rings is 2. The van der Waals surface area contributed by atoms with E-state index in [4.69, 9.17) is 4.74 Å². The van der Waals surface area contributed by atoms with Crippen LogP contribution in [0.15, 0.2) is 41.3 Å². The van der Waals surface area contributed by atoms with E-state index in [0.717, 1.165) is 25.2 Å². The summed E-state index contributed by atoms with van der Waals surface area (Å²) in [7, 11) is 1.45. The summed E-state index contributed by atoms with van der Waals surface area (Å²) in [5.41, 5.74) is 1.90. The number of methoxy groups -OCH3 is 1. The maximum absolute atomic E-state index is 12.8. The smallest absolute Gasteiger partial charge is 0.285 e. The Hall–Kier alpha value is -2.58. The van der Waals surface area contributed by atoms with Gasteiger partial charge in [0.05, 0.1) is 23.0 Å². The molecule has 0 atom stereocenters. The third kappa shape index (κ3) is 6.97. The standard InChI is InChI=1S/C23H31N3O4S/c1-5-7-11-25(6-2)16-18-10-8-9-17(12-18)15-24-23(27)19-13-22(31-4)21(30-3)14-20(19)26(28)29/h8-10,12-14H,5-7,11,15-16H2,1-4H3,(H,24,27). The van der Waals surface area contributed by atoms with Crippen LogP contribution < -0.4 is 10.1 Å². The molecule has 0 saturated heterocycles. The highest BCUT2D eigenvalue weighted by Gasteiger charge is 2.23. The molecule has 31 heavy (non-hydrogen) atoms. The lowest BCUT2D eigenvalue weighted by Crippen LogP contribution is -2.25. The number of carbonyl (C=O) groups is 1. The van der Waals surface area contributed by atoms with Gasteiger partial charge in [0.15, 0.2) is 0 Å². The van der Waals surface area contributed by atoms with E-state index in [1.54, 1.807) is 0 Å². The van der Waals surface area contributed by atoms with Crippen LogP contribution in [0.2, 0.25) is 0 Å². The molecule has 2 aromatic rings. The molecule has 0 aliphatic heterocycles. The number of nitro groups is 1. The van der Waals surface area contributed by atoms with E-state index in [0.29, 0.717) is 17.2 Å². The van der Waals surface area contributed by atoms with Crippen LogP contribution in [-0.2, 0) is 13.1 Å². The molecule has 7 nitrogen and oxygen atoms in total. The molecule has 168 valence electrons. The van der Waals surface area contributed by atoms with E-state index < -0.39 is 10.8 Å². The SMILES string of the molecule is CCCCN(CC)Cc1cccc(CNC(=O)c2cc(SC)c(OC)cc2[N+](=O)[O-])c1. The second-order valence-electron chi connectivity index (χ2n) is 7.21. The lowest BCUT2D eigenvalue weighted by atomic mass is 10.1. The molecule has 0 unspecified atom stereocenters. The van der Waals surface area contributed by atoms with Gasteiger partial charge in [0, 0.05) is 13.1 Å². The first-order chi connectivity index (χ1) is 14.9. The number of nitrogens with one attached hydrogen (secondary N) is 1. The van der Waals surface area contributed by atoms with Crippen LogP contribution in [0.5, 0.6) is 5.75 Å². The Balaban J connectivity index is 2.13. The lowest BCUT2D eigenvalue weighted by Gasteiger charge is -2.20. The molecule has 0 fully saturated rings. The van der Waals surface area contributed by atoms with Gasteiger partial charge in [-0.1, -0.05) is 44.5 Å². The fourth-order valence-electron chi connectivity index (χ4n) is 3.31. The van der Waals surface area contributed by atoms with Gasteiger partial charge in [0.25, 0.3) is 11.6 Å². The number of unbranched alkanes of at least 4 members (excludes halogenated alkanes) is 1. The van der Waals surface area contributed by atoms with Crippen LogP contribution in [0.25, 0.3) is 0 Å². The van der Waals surface area contributed by atoms with Crippen molar-refractivity contribution >= 4 is 23.4 Å². The van der Waals surface area contributed by atoms with Gasteiger partial charge in [-0.2, -0.15) is 0 Å². The Bertz CT molecular complexity index is 904. The van der Waals surface area contributed by atoms with Crippen LogP contribution in [-0.4, -0.2) is 42.2 Å². The van der Waals surface area contributed by atoms with Crippen molar-refractivity contribution < 1.29 is 14.5 Å². The molecule has 2 rings (SSSR count). The summed E-state index contributed by atoms with van der Waals surface area (Å²) in [6.45, 7) is 7.55. The summed E-state index contributed by atoms with van der Waals surface area (Å²) in [5.74, 6) is -0.0970. The largest absolute Gasteiger partial charge is 0.495 e. The van der Waals surface area contributed by atoms with Crippen molar-refractivity contribution in [3.63, 3.8) is 0 Å². The fraction of sp³-hybridized carbons (Fsp3) is 0.435. The Kier molecular flexibility index (Phi) is 9.81. The average Bonchev–Trinajstić information content (AvgIpc) is 2.79. The maximum Gasteiger partial charge on any atom is 0.285 e. The van der Waals surface area contributed by atoms with Crippen molar-refractivity contribution in [2.45, 2.75) is 44.7 Å². The zero-order chi connectivity index (χ0) is 22.8. The summed E-state index contributed by atoms with van der Waals surface area (Å²) in [6.07, 6.45) is 4.16. The minimum Gasteiger partial charge on any atom is -0.495 e. The number of carbonyl (C=O) groups excluding carboxylic acids is 1.